The maximum absolute atomic E-state index is 13.4. The van der Waals surface area contributed by atoms with Crippen molar-refractivity contribution in [3.8, 4) is 0 Å². The molecule has 0 heterocycles. The van der Waals surface area contributed by atoms with Crippen LogP contribution in [0.2, 0.25) is 5.02 Å². The summed E-state index contributed by atoms with van der Waals surface area (Å²) in [6, 6.07) is 13.2. The molecule has 3 heteroatoms. The monoisotopic (exact) mass is 277 g/mol. The molecule has 0 aromatic heterocycles. The van der Waals surface area contributed by atoms with Crippen LogP contribution in [0.3, 0.4) is 0 Å². The molecule has 2 rings (SSSR count). The number of hydrogen-bond donors (Lipinski definition) is 1. The molecule has 1 N–H and O–H groups in total. The van der Waals surface area contributed by atoms with Crippen molar-refractivity contribution in [2.24, 2.45) is 0 Å². The van der Waals surface area contributed by atoms with E-state index in [1.165, 1.54) is 0 Å². The van der Waals surface area contributed by atoms with Crippen molar-refractivity contribution in [3.05, 3.63) is 70.0 Å². The van der Waals surface area contributed by atoms with Gasteiger partial charge in [0, 0.05) is 17.6 Å². The minimum atomic E-state index is -0.158. The van der Waals surface area contributed by atoms with Gasteiger partial charge in [-0.1, -0.05) is 35.9 Å². The first-order chi connectivity index (χ1) is 9.06. The molecule has 0 saturated carbocycles. The molecule has 0 saturated heterocycles. The molecule has 1 atom stereocenters. The number of hydrogen-bond acceptors (Lipinski definition) is 1. The molecule has 19 heavy (non-hydrogen) atoms. The number of halogens is 2. The van der Waals surface area contributed by atoms with Crippen LogP contribution >= 0.6 is 11.6 Å². The van der Waals surface area contributed by atoms with E-state index in [2.05, 4.69) is 12.2 Å². The van der Waals surface area contributed by atoms with Crippen molar-refractivity contribution >= 4 is 11.6 Å². The Morgan fingerprint density at radius 1 is 1.21 bits per heavy atom. The van der Waals surface area contributed by atoms with Crippen molar-refractivity contribution in [1.82, 2.24) is 5.32 Å². The highest BCUT2D eigenvalue weighted by Crippen LogP contribution is 2.18. The quantitative estimate of drug-likeness (QED) is 0.858. The van der Waals surface area contributed by atoms with E-state index in [1.54, 1.807) is 19.1 Å². The molecular weight excluding hydrogens is 261 g/mol. The summed E-state index contributed by atoms with van der Waals surface area (Å²) in [5.74, 6) is -0.158. The average molecular weight is 278 g/mol. The summed E-state index contributed by atoms with van der Waals surface area (Å²) >= 11 is 5.97. The molecule has 0 aliphatic rings. The van der Waals surface area contributed by atoms with Crippen molar-refractivity contribution in [1.29, 1.82) is 0 Å². The minimum absolute atomic E-state index is 0.158. The van der Waals surface area contributed by atoms with Crippen LogP contribution in [0.15, 0.2) is 42.5 Å². The Morgan fingerprint density at radius 2 is 2.00 bits per heavy atom. The summed E-state index contributed by atoms with van der Waals surface area (Å²) in [5.41, 5.74) is 2.74. The van der Waals surface area contributed by atoms with Gasteiger partial charge in [-0.2, -0.15) is 0 Å². The predicted octanol–water partition coefficient (Wildman–Crippen LogP) is 4.64. The Labute approximate surface area is 118 Å². The van der Waals surface area contributed by atoms with Crippen LogP contribution in [-0.2, 0) is 6.54 Å². The second-order valence-electron chi connectivity index (χ2n) is 4.74. The van der Waals surface area contributed by atoms with Gasteiger partial charge in [0.1, 0.15) is 5.82 Å². The van der Waals surface area contributed by atoms with Crippen LogP contribution in [0.5, 0.6) is 0 Å². The van der Waals surface area contributed by atoms with Gasteiger partial charge in [0.25, 0.3) is 0 Å². The van der Waals surface area contributed by atoms with Crippen LogP contribution in [0, 0.1) is 12.7 Å². The third kappa shape index (κ3) is 3.79. The van der Waals surface area contributed by atoms with Crippen LogP contribution in [0.25, 0.3) is 0 Å². The molecule has 0 fully saturated rings. The van der Waals surface area contributed by atoms with Gasteiger partial charge in [-0.15, -0.1) is 0 Å². The largest absolute Gasteiger partial charge is 0.306 e. The van der Waals surface area contributed by atoms with E-state index in [1.807, 2.05) is 30.3 Å². The van der Waals surface area contributed by atoms with E-state index in [4.69, 9.17) is 11.6 Å². The maximum atomic E-state index is 13.4. The highest BCUT2D eigenvalue weighted by Gasteiger charge is 2.06. The normalized spacial score (nSPS) is 12.4. The predicted molar refractivity (Wildman–Crippen MR) is 77.8 cm³/mol. The number of nitrogens with one attached hydrogen (secondary N) is 1. The van der Waals surface area contributed by atoms with Gasteiger partial charge in [-0.05, 0) is 48.7 Å². The second-order valence-corrected chi connectivity index (χ2v) is 5.18. The molecule has 100 valence electrons. The number of benzene rings is 2. The summed E-state index contributed by atoms with van der Waals surface area (Å²) < 4.78 is 13.4. The minimum Gasteiger partial charge on any atom is -0.306 e. The van der Waals surface area contributed by atoms with Crippen LogP contribution in [0.4, 0.5) is 4.39 Å². The SMILES string of the molecule is Cc1ccc(CNC(C)c2cccc(Cl)c2)cc1F. The van der Waals surface area contributed by atoms with Crippen molar-refractivity contribution in [2.75, 3.05) is 0 Å². The van der Waals surface area contributed by atoms with E-state index < -0.39 is 0 Å². The third-order valence-corrected chi connectivity index (χ3v) is 3.43. The lowest BCUT2D eigenvalue weighted by molar-refractivity contribution is 0.568. The molecule has 0 spiro atoms. The molecule has 1 nitrogen and oxygen atoms in total. The Kier molecular flexibility index (Phi) is 4.56. The maximum Gasteiger partial charge on any atom is 0.126 e. The lowest BCUT2D eigenvalue weighted by Gasteiger charge is -2.15. The lowest BCUT2D eigenvalue weighted by atomic mass is 10.1. The summed E-state index contributed by atoms with van der Waals surface area (Å²) in [5, 5.41) is 4.09. The number of rotatable bonds is 4. The summed E-state index contributed by atoms with van der Waals surface area (Å²) in [4.78, 5) is 0. The van der Waals surface area contributed by atoms with E-state index in [0.29, 0.717) is 12.1 Å². The van der Waals surface area contributed by atoms with Crippen LogP contribution in [-0.4, -0.2) is 0 Å². The smallest absolute Gasteiger partial charge is 0.126 e. The zero-order valence-electron chi connectivity index (χ0n) is 11.1. The van der Waals surface area contributed by atoms with E-state index in [9.17, 15) is 4.39 Å². The Hall–Kier alpha value is -1.38. The molecule has 0 aliphatic carbocycles. The molecule has 0 radical (unpaired) electrons. The van der Waals surface area contributed by atoms with Gasteiger partial charge in [0.15, 0.2) is 0 Å². The Morgan fingerprint density at radius 3 is 2.68 bits per heavy atom. The third-order valence-electron chi connectivity index (χ3n) is 3.20. The molecule has 2 aromatic carbocycles. The highest BCUT2D eigenvalue weighted by molar-refractivity contribution is 6.30. The summed E-state index contributed by atoms with van der Waals surface area (Å²) in [7, 11) is 0. The fourth-order valence-electron chi connectivity index (χ4n) is 1.91. The van der Waals surface area contributed by atoms with Crippen LogP contribution < -0.4 is 5.32 Å². The van der Waals surface area contributed by atoms with Gasteiger partial charge in [0.2, 0.25) is 0 Å². The van der Waals surface area contributed by atoms with E-state index in [-0.39, 0.29) is 11.9 Å². The molecular formula is C16H17ClFN. The zero-order chi connectivity index (χ0) is 13.8. The average Bonchev–Trinajstić information content (AvgIpc) is 2.40. The van der Waals surface area contributed by atoms with Crippen molar-refractivity contribution in [3.63, 3.8) is 0 Å². The van der Waals surface area contributed by atoms with Gasteiger partial charge >= 0.3 is 0 Å². The Balaban J connectivity index is 2.00. The fraction of sp³-hybridized carbons (Fsp3) is 0.250. The first-order valence-electron chi connectivity index (χ1n) is 6.30. The fourth-order valence-corrected chi connectivity index (χ4v) is 2.11. The van der Waals surface area contributed by atoms with E-state index in [0.717, 1.165) is 16.1 Å². The molecule has 2 aromatic rings. The highest BCUT2D eigenvalue weighted by atomic mass is 35.5. The van der Waals surface area contributed by atoms with Gasteiger partial charge in [-0.25, -0.2) is 4.39 Å². The lowest BCUT2D eigenvalue weighted by Crippen LogP contribution is -2.18. The first kappa shape index (κ1) is 14.0. The van der Waals surface area contributed by atoms with Gasteiger partial charge in [0.05, 0.1) is 0 Å². The van der Waals surface area contributed by atoms with Gasteiger partial charge in [-0.3, -0.25) is 0 Å². The van der Waals surface area contributed by atoms with Gasteiger partial charge < -0.3 is 5.32 Å². The number of aryl methyl sites for hydroxylation is 1. The molecule has 1 unspecified atom stereocenters. The van der Waals surface area contributed by atoms with Crippen LogP contribution in [0.1, 0.15) is 29.7 Å². The Bertz CT molecular complexity index is 568. The standard InChI is InChI=1S/C16H17ClFN/c1-11-6-7-13(8-16(11)18)10-19-12(2)14-4-3-5-15(17)9-14/h3-9,12,19H,10H2,1-2H3. The topological polar surface area (TPSA) is 12.0 Å². The van der Waals surface area contributed by atoms with Crippen molar-refractivity contribution in [2.45, 2.75) is 26.4 Å². The van der Waals surface area contributed by atoms with Crippen molar-refractivity contribution < 1.29 is 4.39 Å². The summed E-state index contributed by atoms with van der Waals surface area (Å²) in [6.07, 6.45) is 0. The second kappa shape index (κ2) is 6.18. The zero-order valence-corrected chi connectivity index (χ0v) is 11.8. The summed E-state index contributed by atoms with van der Waals surface area (Å²) in [6.45, 7) is 4.46. The van der Waals surface area contributed by atoms with E-state index >= 15 is 0 Å². The first-order valence-corrected chi connectivity index (χ1v) is 6.68. The molecule has 0 bridgehead atoms. The molecule has 0 aliphatic heterocycles. The molecule has 0 amide bonds.